The highest BCUT2D eigenvalue weighted by Gasteiger charge is 2.14. The van der Waals surface area contributed by atoms with Gasteiger partial charge in [-0.1, -0.05) is 24.3 Å². The van der Waals surface area contributed by atoms with Crippen LogP contribution in [0, 0.1) is 12.7 Å². The molecule has 2 N–H and O–H groups in total. The number of anilines is 2. The monoisotopic (exact) mass is 472 g/mol. The van der Waals surface area contributed by atoms with Crippen molar-refractivity contribution < 1.29 is 23.5 Å². The Bertz CT molecular complexity index is 1350. The largest absolute Gasteiger partial charge is 0.483 e. The highest BCUT2D eigenvalue weighted by molar-refractivity contribution is 6.06. The summed E-state index contributed by atoms with van der Waals surface area (Å²) in [5.74, 6) is -0.809. The first-order valence-electron chi connectivity index (χ1n) is 10.6. The highest BCUT2D eigenvalue weighted by atomic mass is 19.1. The molecule has 0 spiro atoms. The van der Waals surface area contributed by atoms with Crippen molar-refractivity contribution in [1.29, 1.82) is 0 Å². The summed E-state index contributed by atoms with van der Waals surface area (Å²) in [5, 5.41) is 5.21. The van der Waals surface area contributed by atoms with Crippen molar-refractivity contribution in [2.24, 2.45) is 0 Å². The molecule has 1 heterocycles. The number of hydrogen-bond donors (Lipinski definition) is 2. The number of aromatic nitrogens is 2. The Labute approximate surface area is 200 Å². The summed E-state index contributed by atoms with van der Waals surface area (Å²) in [6, 6.07) is 21.0. The van der Waals surface area contributed by atoms with Crippen LogP contribution >= 0.6 is 0 Å². The summed E-state index contributed by atoms with van der Waals surface area (Å²) >= 11 is 0. The number of aryl methyl sites for hydroxylation is 1. The molecule has 1 aromatic heterocycles. The fourth-order valence-electron chi connectivity index (χ4n) is 3.06. The number of rotatable bonds is 8. The maximum Gasteiger partial charge on any atom is 0.322 e. The van der Waals surface area contributed by atoms with Gasteiger partial charge in [0.2, 0.25) is 0 Å². The minimum atomic E-state index is -0.557. The fourth-order valence-corrected chi connectivity index (χ4v) is 3.06. The van der Waals surface area contributed by atoms with E-state index in [1.165, 1.54) is 18.2 Å². The lowest BCUT2D eigenvalue weighted by atomic mass is 10.2. The van der Waals surface area contributed by atoms with E-state index in [2.05, 4.69) is 20.6 Å². The number of carbonyl (C=O) groups is 2. The summed E-state index contributed by atoms with van der Waals surface area (Å²) in [6.45, 7) is 1.44. The molecule has 0 unspecified atom stereocenters. The molecule has 0 fully saturated rings. The second-order valence-electron chi connectivity index (χ2n) is 7.37. The molecule has 0 radical (unpaired) electrons. The number of amides is 2. The fraction of sp³-hybridized carbons (Fsp3) is 0.0769. The Kier molecular flexibility index (Phi) is 7.27. The van der Waals surface area contributed by atoms with Crippen molar-refractivity contribution >= 4 is 23.2 Å². The van der Waals surface area contributed by atoms with E-state index in [-0.39, 0.29) is 23.0 Å². The lowest BCUT2D eigenvalue weighted by Crippen LogP contribution is -2.22. The minimum absolute atomic E-state index is 0.0496. The summed E-state index contributed by atoms with van der Waals surface area (Å²) in [7, 11) is 0. The Balaban J connectivity index is 1.36. The van der Waals surface area contributed by atoms with Gasteiger partial charge in [0.25, 0.3) is 11.8 Å². The normalized spacial score (nSPS) is 10.3. The van der Waals surface area contributed by atoms with Crippen molar-refractivity contribution in [3.05, 3.63) is 102 Å². The van der Waals surface area contributed by atoms with E-state index in [1.54, 1.807) is 66.9 Å². The quantitative estimate of drug-likeness (QED) is 0.375. The molecule has 35 heavy (non-hydrogen) atoms. The first kappa shape index (κ1) is 23.4. The van der Waals surface area contributed by atoms with Crippen LogP contribution in [0.4, 0.5) is 15.8 Å². The predicted molar refractivity (Wildman–Crippen MR) is 128 cm³/mol. The number of nitrogens with zero attached hydrogens (tertiary/aromatic N) is 2. The third kappa shape index (κ3) is 6.38. The molecule has 4 rings (SSSR count). The molecule has 0 aliphatic rings. The molecule has 0 aliphatic heterocycles. The van der Waals surface area contributed by atoms with E-state index in [0.29, 0.717) is 11.4 Å². The average Bonchev–Trinajstić information content (AvgIpc) is 2.85. The van der Waals surface area contributed by atoms with Crippen LogP contribution in [0.25, 0.3) is 0 Å². The van der Waals surface area contributed by atoms with E-state index >= 15 is 0 Å². The van der Waals surface area contributed by atoms with E-state index in [4.69, 9.17) is 9.47 Å². The molecule has 0 saturated carbocycles. The van der Waals surface area contributed by atoms with E-state index in [1.807, 2.05) is 6.92 Å². The van der Waals surface area contributed by atoms with Gasteiger partial charge in [0.1, 0.15) is 17.3 Å². The average molecular weight is 472 g/mol. The Hall–Kier alpha value is -4.79. The zero-order chi connectivity index (χ0) is 24.6. The predicted octanol–water partition coefficient (Wildman–Crippen LogP) is 4.99. The lowest BCUT2D eigenvalue weighted by Gasteiger charge is -2.12. The Morgan fingerprint density at radius 1 is 0.914 bits per heavy atom. The molecular formula is C26H21FN4O4. The molecular weight excluding hydrogens is 451 g/mol. The van der Waals surface area contributed by atoms with Gasteiger partial charge in [-0.15, -0.1) is 0 Å². The van der Waals surface area contributed by atoms with Gasteiger partial charge in [0.05, 0.1) is 11.3 Å². The summed E-state index contributed by atoms with van der Waals surface area (Å²) in [4.78, 5) is 33.2. The third-order valence-electron chi connectivity index (χ3n) is 4.73. The van der Waals surface area contributed by atoms with Crippen LogP contribution < -0.4 is 20.1 Å². The summed E-state index contributed by atoms with van der Waals surface area (Å²) < 4.78 is 24.9. The maximum absolute atomic E-state index is 13.7. The van der Waals surface area contributed by atoms with E-state index in [9.17, 15) is 14.0 Å². The molecule has 2 amide bonds. The van der Waals surface area contributed by atoms with Crippen LogP contribution in [0.15, 0.2) is 85.1 Å². The van der Waals surface area contributed by atoms with Gasteiger partial charge in [-0.25, -0.2) is 14.4 Å². The summed E-state index contributed by atoms with van der Waals surface area (Å²) in [5.41, 5.74) is 1.59. The van der Waals surface area contributed by atoms with Gasteiger partial charge >= 0.3 is 6.01 Å². The van der Waals surface area contributed by atoms with Gasteiger partial charge in [-0.2, -0.15) is 0 Å². The number of benzene rings is 3. The number of para-hydroxylation sites is 2. The van der Waals surface area contributed by atoms with E-state index < -0.39 is 24.2 Å². The van der Waals surface area contributed by atoms with Crippen LogP contribution in [0.1, 0.15) is 16.1 Å². The van der Waals surface area contributed by atoms with Gasteiger partial charge in [0, 0.05) is 17.6 Å². The number of halogens is 1. The molecule has 176 valence electrons. The van der Waals surface area contributed by atoms with Gasteiger partial charge in [-0.3, -0.25) is 9.59 Å². The second-order valence-corrected chi connectivity index (χ2v) is 7.37. The van der Waals surface area contributed by atoms with Gasteiger partial charge in [0.15, 0.2) is 6.61 Å². The minimum Gasteiger partial charge on any atom is -0.483 e. The van der Waals surface area contributed by atoms with Crippen molar-refractivity contribution in [3.63, 3.8) is 0 Å². The molecule has 0 bridgehead atoms. The third-order valence-corrected chi connectivity index (χ3v) is 4.73. The second kappa shape index (κ2) is 10.9. The Morgan fingerprint density at radius 3 is 2.43 bits per heavy atom. The van der Waals surface area contributed by atoms with Gasteiger partial charge < -0.3 is 20.1 Å². The molecule has 3 aromatic carbocycles. The van der Waals surface area contributed by atoms with E-state index in [0.717, 1.165) is 5.69 Å². The molecule has 8 nitrogen and oxygen atoms in total. The van der Waals surface area contributed by atoms with Crippen LogP contribution in [0.2, 0.25) is 0 Å². The zero-order valence-electron chi connectivity index (χ0n) is 18.7. The molecule has 0 saturated heterocycles. The highest BCUT2D eigenvalue weighted by Crippen LogP contribution is 2.23. The summed E-state index contributed by atoms with van der Waals surface area (Å²) in [6.07, 6.45) is 1.61. The number of nitrogens with one attached hydrogen (secondary N) is 2. The van der Waals surface area contributed by atoms with Crippen LogP contribution in [0.3, 0.4) is 0 Å². The number of ether oxygens (including phenoxy) is 2. The molecule has 0 atom stereocenters. The van der Waals surface area contributed by atoms with Gasteiger partial charge in [-0.05, 0) is 61.5 Å². The topological polar surface area (TPSA) is 102 Å². The standard InChI is InChI=1S/C26H21FN4O4/c1-17-14-15-28-26(29-17)35-19-12-10-18(11-13-19)30-25(33)20-6-2-5-9-23(20)34-16-24(32)31-22-8-4-3-7-21(22)27/h2-15H,16H2,1H3,(H,30,33)(H,31,32). The molecule has 0 aliphatic carbocycles. The van der Waals surface area contributed by atoms with Crippen LogP contribution in [0.5, 0.6) is 17.5 Å². The molecule has 9 heteroatoms. The van der Waals surface area contributed by atoms with Crippen LogP contribution in [-0.4, -0.2) is 28.4 Å². The maximum atomic E-state index is 13.7. The first-order valence-corrected chi connectivity index (χ1v) is 10.6. The van der Waals surface area contributed by atoms with Crippen molar-refractivity contribution in [2.75, 3.05) is 17.2 Å². The van der Waals surface area contributed by atoms with Crippen molar-refractivity contribution in [1.82, 2.24) is 9.97 Å². The number of hydrogen-bond acceptors (Lipinski definition) is 6. The zero-order valence-corrected chi connectivity index (χ0v) is 18.7. The SMILES string of the molecule is Cc1ccnc(Oc2ccc(NC(=O)c3ccccc3OCC(=O)Nc3ccccc3F)cc2)n1. The number of carbonyl (C=O) groups excluding carboxylic acids is 2. The van der Waals surface area contributed by atoms with Crippen molar-refractivity contribution in [3.8, 4) is 17.5 Å². The lowest BCUT2D eigenvalue weighted by molar-refractivity contribution is -0.118. The Morgan fingerprint density at radius 2 is 1.66 bits per heavy atom. The van der Waals surface area contributed by atoms with Crippen molar-refractivity contribution in [2.45, 2.75) is 6.92 Å². The first-order chi connectivity index (χ1) is 17.0. The smallest absolute Gasteiger partial charge is 0.322 e. The molecule has 4 aromatic rings. The van der Waals surface area contributed by atoms with Crippen LogP contribution in [-0.2, 0) is 4.79 Å².